The van der Waals surface area contributed by atoms with Gasteiger partial charge in [-0.3, -0.25) is 0 Å². The highest BCUT2D eigenvalue weighted by atomic mass is 16.5. The van der Waals surface area contributed by atoms with E-state index in [1.165, 1.54) is 16.7 Å². The normalized spacial score (nSPS) is 10.4. The van der Waals surface area contributed by atoms with E-state index < -0.39 is 0 Å². The van der Waals surface area contributed by atoms with E-state index in [2.05, 4.69) is 49.5 Å². The highest BCUT2D eigenvalue weighted by Crippen LogP contribution is 2.19. The van der Waals surface area contributed by atoms with Gasteiger partial charge in [-0.25, -0.2) is 0 Å². The molecule has 2 aromatic rings. The van der Waals surface area contributed by atoms with Gasteiger partial charge in [0, 0.05) is 12.1 Å². The molecule has 0 saturated carbocycles. The maximum atomic E-state index is 5.94. The molecule has 2 heteroatoms. The molecule has 0 fully saturated rings. The van der Waals surface area contributed by atoms with Crippen LogP contribution in [0.5, 0.6) is 5.75 Å². The van der Waals surface area contributed by atoms with Gasteiger partial charge in [-0.05, 0) is 25.1 Å². The molecular weight excluding hydrogens is 234 g/mol. The van der Waals surface area contributed by atoms with Crippen LogP contribution >= 0.6 is 0 Å². The number of ether oxygens (including phenoxy) is 1. The van der Waals surface area contributed by atoms with Gasteiger partial charge in [0.1, 0.15) is 12.4 Å². The summed E-state index contributed by atoms with van der Waals surface area (Å²) in [6, 6.07) is 16.6. The van der Waals surface area contributed by atoms with Gasteiger partial charge in [0.05, 0.1) is 0 Å². The molecule has 2 aromatic carbocycles. The van der Waals surface area contributed by atoms with Gasteiger partial charge in [0.25, 0.3) is 0 Å². The number of rotatable bonds is 6. The lowest BCUT2D eigenvalue weighted by Gasteiger charge is -2.12. The molecule has 0 saturated heterocycles. The summed E-state index contributed by atoms with van der Waals surface area (Å²) >= 11 is 0. The van der Waals surface area contributed by atoms with Crippen molar-refractivity contribution in [3.8, 4) is 5.75 Å². The van der Waals surface area contributed by atoms with Crippen molar-refractivity contribution in [2.75, 3.05) is 6.54 Å². The minimum absolute atomic E-state index is 0.616. The highest BCUT2D eigenvalue weighted by molar-refractivity contribution is 5.33. The van der Waals surface area contributed by atoms with E-state index in [9.17, 15) is 0 Å². The molecule has 0 aliphatic rings. The van der Waals surface area contributed by atoms with Gasteiger partial charge < -0.3 is 10.1 Å². The predicted molar refractivity (Wildman–Crippen MR) is 79.3 cm³/mol. The van der Waals surface area contributed by atoms with Crippen LogP contribution in [0.4, 0.5) is 0 Å². The summed E-state index contributed by atoms with van der Waals surface area (Å²) in [6.07, 6.45) is 0. The Morgan fingerprint density at radius 3 is 2.68 bits per heavy atom. The summed E-state index contributed by atoms with van der Waals surface area (Å²) < 4.78 is 5.94. The van der Waals surface area contributed by atoms with Crippen molar-refractivity contribution < 1.29 is 4.74 Å². The van der Waals surface area contributed by atoms with Crippen LogP contribution in [-0.2, 0) is 13.2 Å². The van der Waals surface area contributed by atoms with E-state index in [4.69, 9.17) is 4.74 Å². The zero-order valence-corrected chi connectivity index (χ0v) is 11.6. The number of benzene rings is 2. The Labute approximate surface area is 115 Å². The van der Waals surface area contributed by atoms with Crippen LogP contribution in [0.25, 0.3) is 0 Å². The zero-order valence-electron chi connectivity index (χ0n) is 11.6. The summed E-state index contributed by atoms with van der Waals surface area (Å²) in [5.41, 5.74) is 3.68. The Kier molecular flexibility index (Phi) is 4.99. The van der Waals surface area contributed by atoms with Gasteiger partial charge >= 0.3 is 0 Å². The summed E-state index contributed by atoms with van der Waals surface area (Å²) in [5.74, 6) is 0.963. The van der Waals surface area contributed by atoms with Crippen LogP contribution in [0.2, 0.25) is 0 Å². The molecule has 19 heavy (non-hydrogen) atoms. The fourth-order valence-corrected chi connectivity index (χ4v) is 2.01. The Balaban J connectivity index is 2.02. The Bertz CT molecular complexity index is 522. The first-order valence-electron chi connectivity index (χ1n) is 6.76. The molecule has 2 rings (SSSR count). The molecule has 1 N–H and O–H groups in total. The third kappa shape index (κ3) is 4.11. The van der Waals surface area contributed by atoms with Gasteiger partial charge in [0.15, 0.2) is 0 Å². The van der Waals surface area contributed by atoms with E-state index in [1.807, 2.05) is 18.2 Å². The van der Waals surface area contributed by atoms with Crippen molar-refractivity contribution in [2.45, 2.75) is 27.0 Å². The van der Waals surface area contributed by atoms with Crippen molar-refractivity contribution in [3.63, 3.8) is 0 Å². The minimum Gasteiger partial charge on any atom is -0.489 e. The van der Waals surface area contributed by atoms with Gasteiger partial charge in [-0.2, -0.15) is 0 Å². The Morgan fingerprint density at radius 2 is 1.89 bits per heavy atom. The second-order valence-corrected chi connectivity index (χ2v) is 4.67. The molecule has 0 heterocycles. The third-order valence-corrected chi connectivity index (χ3v) is 3.01. The van der Waals surface area contributed by atoms with Gasteiger partial charge in [-0.1, -0.05) is 55.0 Å². The highest BCUT2D eigenvalue weighted by Gasteiger charge is 2.02. The number of hydrogen-bond acceptors (Lipinski definition) is 2. The van der Waals surface area contributed by atoms with E-state index in [0.29, 0.717) is 6.61 Å². The molecule has 0 aliphatic heterocycles. The lowest BCUT2D eigenvalue weighted by atomic mass is 10.1. The van der Waals surface area contributed by atoms with Crippen LogP contribution in [0.1, 0.15) is 23.6 Å². The second kappa shape index (κ2) is 6.95. The topological polar surface area (TPSA) is 21.3 Å². The second-order valence-electron chi connectivity index (χ2n) is 4.67. The first kappa shape index (κ1) is 13.6. The molecule has 0 radical (unpaired) electrons. The molecule has 0 aromatic heterocycles. The average Bonchev–Trinajstić information content (AvgIpc) is 2.44. The molecule has 0 bridgehead atoms. The monoisotopic (exact) mass is 255 g/mol. The van der Waals surface area contributed by atoms with Crippen molar-refractivity contribution in [2.24, 2.45) is 0 Å². The van der Waals surface area contributed by atoms with E-state index >= 15 is 0 Å². The molecule has 0 atom stereocenters. The van der Waals surface area contributed by atoms with E-state index in [-0.39, 0.29) is 0 Å². The fourth-order valence-electron chi connectivity index (χ4n) is 2.01. The zero-order chi connectivity index (χ0) is 13.5. The molecule has 2 nitrogen and oxygen atoms in total. The number of aryl methyl sites for hydroxylation is 1. The predicted octanol–water partition coefficient (Wildman–Crippen LogP) is 3.68. The third-order valence-electron chi connectivity index (χ3n) is 3.01. The smallest absolute Gasteiger partial charge is 0.124 e. The Hall–Kier alpha value is -1.80. The lowest BCUT2D eigenvalue weighted by Crippen LogP contribution is -2.12. The summed E-state index contributed by atoms with van der Waals surface area (Å²) in [6.45, 7) is 6.64. The first-order valence-corrected chi connectivity index (χ1v) is 6.76. The van der Waals surface area contributed by atoms with Crippen molar-refractivity contribution in [3.05, 3.63) is 65.2 Å². The molecule has 100 valence electrons. The van der Waals surface area contributed by atoms with Gasteiger partial charge in [0.2, 0.25) is 0 Å². The van der Waals surface area contributed by atoms with Crippen LogP contribution in [0.3, 0.4) is 0 Å². The van der Waals surface area contributed by atoms with Gasteiger partial charge in [-0.15, -0.1) is 0 Å². The number of hydrogen-bond donors (Lipinski definition) is 1. The van der Waals surface area contributed by atoms with Crippen molar-refractivity contribution >= 4 is 0 Å². The maximum Gasteiger partial charge on any atom is 0.124 e. The summed E-state index contributed by atoms with van der Waals surface area (Å²) in [4.78, 5) is 0. The van der Waals surface area contributed by atoms with Crippen LogP contribution in [-0.4, -0.2) is 6.54 Å². The maximum absolute atomic E-state index is 5.94. The molecule has 0 aliphatic carbocycles. The minimum atomic E-state index is 0.616. The van der Waals surface area contributed by atoms with Crippen LogP contribution < -0.4 is 10.1 Å². The largest absolute Gasteiger partial charge is 0.489 e. The van der Waals surface area contributed by atoms with E-state index in [1.54, 1.807) is 0 Å². The summed E-state index contributed by atoms with van der Waals surface area (Å²) in [5, 5.41) is 3.33. The SMILES string of the molecule is CCNCc1ccccc1OCc1cccc(C)c1. The number of para-hydroxylation sites is 1. The van der Waals surface area contributed by atoms with Crippen LogP contribution in [0.15, 0.2) is 48.5 Å². The summed E-state index contributed by atoms with van der Waals surface area (Å²) in [7, 11) is 0. The first-order chi connectivity index (χ1) is 9.29. The number of nitrogens with one attached hydrogen (secondary N) is 1. The van der Waals surface area contributed by atoms with Crippen molar-refractivity contribution in [1.82, 2.24) is 5.32 Å². The van der Waals surface area contributed by atoms with Crippen molar-refractivity contribution in [1.29, 1.82) is 0 Å². The fraction of sp³-hybridized carbons (Fsp3) is 0.294. The average molecular weight is 255 g/mol. The molecule has 0 spiro atoms. The molecule has 0 unspecified atom stereocenters. The lowest BCUT2D eigenvalue weighted by molar-refractivity contribution is 0.302. The Morgan fingerprint density at radius 1 is 1.05 bits per heavy atom. The molecular formula is C17H21NO. The standard InChI is InChI=1S/C17H21NO/c1-3-18-12-16-9-4-5-10-17(16)19-13-15-8-6-7-14(2)11-15/h4-11,18H,3,12-13H2,1-2H3. The van der Waals surface area contributed by atoms with E-state index in [0.717, 1.165) is 18.8 Å². The molecule has 0 amide bonds. The van der Waals surface area contributed by atoms with Crippen LogP contribution in [0, 0.1) is 6.92 Å². The quantitative estimate of drug-likeness (QED) is 0.850.